The molecule has 0 aliphatic rings. The normalized spacial score (nSPS) is 11.8. The van der Waals surface area contributed by atoms with Crippen LogP contribution in [0, 0.1) is 0 Å². The monoisotopic (exact) mass is 417 g/mol. The lowest BCUT2D eigenvalue weighted by Gasteiger charge is -2.19. The lowest BCUT2D eigenvalue weighted by molar-refractivity contribution is 0.231. The van der Waals surface area contributed by atoms with Gasteiger partial charge in [0.25, 0.3) is 0 Å². The Bertz CT molecular complexity index is 919. The molecule has 0 aliphatic carbocycles. The Morgan fingerprint density at radius 1 is 0.857 bits per heavy atom. The van der Waals surface area contributed by atoms with Crippen LogP contribution < -0.4 is 9.05 Å². The highest BCUT2D eigenvalue weighted by atomic mass is 35.5. The summed E-state index contributed by atoms with van der Waals surface area (Å²) in [4.78, 5) is 0. The number of benzene rings is 3. The van der Waals surface area contributed by atoms with Crippen LogP contribution in [0.4, 0.5) is 0 Å². The first-order chi connectivity index (χ1) is 13.6. The molecule has 0 aliphatic heterocycles. The zero-order chi connectivity index (χ0) is 19.8. The van der Waals surface area contributed by atoms with Gasteiger partial charge in [0.05, 0.1) is 0 Å². The van der Waals surface area contributed by atoms with Crippen molar-refractivity contribution < 1.29 is 23.3 Å². The van der Waals surface area contributed by atoms with E-state index in [9.17, 15) is 9.77 Å². The van der Waals surface area contributed by atoms with Crippen LogP contribution in [0.1, 0.15) is 5.56 Å². The second-order valence-electron chi connectivity index (χ2n) is 5.58. The molecule has 0 aromatic heterocycles. The molecule has 144 valence electrons. The molecule has 0 amide bonds. The molecule has 0 saturated carbocycles. The van der Waals surface area contributed by atoms with Gasteiger partial charge in [-0.05, 0) is 36.4 Å². The van der Waals surface area contributed by atoms with E-state index in [1.165, 1.54) is 0 Å². The van der Waals surface area contributed by atoms with Crippen molar-refractivity contribution in [1.29, 1.82) is 0 Å². The topological polar surface area (TPSA) is 77.4 Å². The van der Waals surface area contributed by atoms with Gasteiger partial charge in [0.2, 0.25) is 0 Å². The summed E-state index contributed by atoms with van der Waals surface area (Å²) in [6.07, 6.45) is 0. The van der Waals surface area contributed by atoms with Gasteiger partial charge >= 0.3 is 7.82 Å². The van der Waals surface area contributed by atoms with Gasteiger partial charge < -0.3 is 14.3 Å². The van der Waals surface area contributed by atoms with Crippen LogP contribution in [0.25, 0.3) is 0 Å². The molecule has 0 bridgehead atoms. The number of halogens is 1. The molecule has 3 rings (SSSR count). The van der Waals surface area contributed by atoms with E-state index in [0.717, 1.165) is 0 Å². The Kier molecular flexibility index (Phi) is 6.71. The molecule has 3 aromatic carbocycles. The standard InChI is InChI=1S/C20H17ClNO5P/c21-17-13-11-16(12-14-17)20(22-23)15-25-28(24,26-18-7-3-1-4-8-18)27-19-9-5-2-6-10-19/h1-14,23H,15H2. The molecule has 28 heavy (non-hydrogen) atoms. The van der Waals surface area contributed by atoms with Crippen LogP contribution in [-0.4, -0.2) is 17.5 Å². The van der Waals surface area contributed by atoms with Crippen LogP contribution in [0.5, 0.6) is 11.5 Å². The fraction of sp³-hybridized carbons (Fsp3) is 0.0500. The van der Waals surface area contributed by atoms with Crippen molar-refractivity contribution in [1.82, 2.24) is 0 Å². The minimum atomic E-state index is -4.08. The van der Waals surface area contributed by atoms with Crippen LogP contribution >= 0.6 is 19.4 Å². The summed E-state index contributed by atoms with van der Waals surface area (Å²) in [5, 5.41) is 13.1. The summed E-state index contributed by atoms with van der Waals surface area (Å²) in [5.41, 5.74) is 0.697. The molecule has 0 radical (unpaired) electrons. The van der Waals surface area contributed by atoms with E-state index < -0.39 is 7.82 Å². The zero-order valence-electron chi connectivity index (χ0n) is 14.6. The molecule has 8 heteroatoms. The predicted octanol–water partition coefficient (Wildman–Crippen LogP) is 5.80. The van der Waals surface area contributed by atoms with Gasteiger partial charge in [0.15, 0.2) is 0 Å². The second-order valence-corrected chi connectivity index (χ2v) is 7.54. The third kappa shape index (κ3) is 5.60. The number of hydrogen-bond acceptors (Lipinski definition) is 6. The molecule has 3 aromatic rings. The first kappa shape index (κ1) is 20.0. The Balaban J connectivity index is 1.79. The maximum Gasteiger partial charge on any atom is 0.587 e. The number of para-hydroxylation sites is 2. The number of phosphoric ester groups is 1. The van der Waals surface area contributed by atoms with Gasteiger partial charge in [0, 0.05) is 10.6 Å². The highest BCUT2D eigenvalue weighted by molar-refractivity contribution is 7.49. The van der Waals surface area contributed by atoms with Crippen molar-refractivity contribution in [2.75, 3.05) is 6.61 Å². The smallest absolute Gasteiger partial charge is 0.411 e. The molecule has 0 saturated heterocycles. The maximum absolute atomic E-state index is 13.2. The SMILES string of the molecule is O=P(OCC(=NO)c1ccc(Cl)cc1)(Oc1ccccc1)Oc1ccccc1. The van der Waals surface area contributed by atoms with Crippen molar-refractivity contribution in [2.45, 2.75) is 0 Å². The van der Waals surface area contributed by atoms with Crippen molar-refractivity contribution in [3.8, 4) is 11.5 Å². The third-order valence-electron chi connectivity index (χ3n) is 3.58. The van der Waals surface area contributed by atoms with Gasteiger partial charge in [-0.15, -0.1) is 0 Å². The molecular weight excluding hydrogens is 401 g/mol. The molecular formula is C20H17ClNO5P. The molecule has 0 atom stereocenters. The van der Waals surface area contributed by atoms with Crippen molar-refractivity contribution in [3.63, 3.8) is 0 Å². The second kappa shape index (κ2) is 9.42. The lowest BCUT2D eigenvalue weighted by Crippen LogP contribution is -2.13. The average molecular weight is 418 g/mol. The maximum atomic E-state index is 13.2. The minimum absolute atomic E-state index is 0.144. The number of nitrogens with zero attached hydrogens (tertiary/aromatic N) is 1. The summed E-state index contributed by atoms with van der Waals surface area (Å²) in [6, 6.07) is 23.6. The highest BCUT2D eigenvalue weighted by Gasteiger charge is 2.32. The number of rotatable bonds is 8. The predicted molar refractivity (Wildman–Crippen MR) is 107 cm³/mol. The van der Waals surface area contributed by atoms with E-state index in [2.05, 4.69) is 5.16 Å². The number of phosphoric acid groups is 1. The zero-order valence-corrected chi connectivity index (χ0v) is 16.3. The van der Waals surface area contributed by atoms with Crippen molar-refractivity contribution in [3.05, 3.63) is 95.5 Å². The molecule has 1 N–H and O–H groups in total. The Morgan fingerprint density at radius 2 is 1.36 bits per heavy atom. The van der Waals surface area contributed by atoms with Crippen LogP contribution in [0.2, 0.25) is 5.02 Å². The molecule has 0 unspecified atom stereocenters. The summed E-state index contributed by atoms with van der Waals surface area (Å²) in [6.45, 7) is -0.310. The highest BCUT2D eigenvalue weighted by Crippen LogP contribution is 2.49. The van der Waals surface area contributed by atoms with E-state index in [-0.39, 0.29) is 12.3 Å². The number of oxime groups is 1. The van der Waals surface area contributed by atoms with E-state index in [4.69, 9.17) is 25.2 Å². The fourth-order valence-electron chi connectivity index (χ4n) is 2.24. The average Bonchev–Trinajstić information content (AvgIpc) is 2.71. The minimum Gasteiger partial charge on any atom is -0.411 e. The molecule has 6 nitrogen and oxygen atoms in total. The summed E-state index contributed by atoms with van der Waals surface area (Å²) >= 11 is 5.87. The quantitative estimate of drug-likeness (QED) is 0.217. The van der Waals surface area contributed by atoms with Gasteiger partial charge in [-0.3, -0.25) is 4.52 Å². The van der Waals surface area contributed by atoms with Crippen LogP contribution in [0.3, 0.4) is 0 Å². The van der Waals surface area contributed by atoms with Crippen LogP contribution in [-0.2, 0) is 9.09 Å². The molecule has 0 heterocycles. The summed E-state index contributed by atoms with van der Waals surface area (Å²) < 4.78 is 29.7. The van der Waals surface area contributed by atoms with E-state index >= 15 is 0 Å². The fourth-order valence-corrected chi connectivity index (χ4v) is 3.55. The van der Waals surface area contributed by atoms with Gasteiger partial charge in [-0.2, -0.15) is 0 Å². The summed E-state index contributed by atoms with van der Waals surface area (Å²) in [5.74, 6) is 0.631. The van der Waals surface area contributed by atoms with E-state index in [0.29, 0.717) is 22.1 Å². The number of hydrogen-bond donors (Lipinski definition) is 1. The Hall–Kier alpha value is -2.79. The Morgan fingerprint density at radius 3 is 1.82 bits per heavy atom. The molecule has 0 fully saturated rings. The van der Waals surface area contributed by atoms with Crippen molar-refractivity contribution >= 4 is 25.1 Å². The largest absolute Gasteiger partial charge is 0.587 e. The Labute approximate surface area is 167 Å². The van der Waals surface area contributed by atoms with E-state index in [1.54, 1.807) is 84.9 Å². The lowest BCUT2D eigenvalue weighted by atomic mass is 10.1. The van der Waals surface area contributed by atoms with Gasteiger partial charge in [-0.25, -0.2) is 4.57 Å². The van der Waals surface area contributed by atoms with Crippen molar-refractivity contribution in [2.24, 2.45) is 5.16 Å². The third-order valence-corrected chi connectivity index (χ3v) is 5.14. The van der Waals surface area contributed by atoms with Gasteiger partial charge in [-0.1, -0.05) is 65.3 Å². The van der Waals surface area contributed by atoms with Gasteiger partial charge in [0.1, 0.15) is 23.8 Å². The first-order valence-electron chi connectivity index (χ1n) is 8.29. The summed E-state index contributed by atoms with van der Waals surface area (Å²) in [7, 11) is -4.08. The molecule has 0 spiro atoms. The first-order valence-corrected chi connectivity index (χ1v) is 10.1. The van der Waals surface area contributed by atoms with E-state index in [1.807, 2.05) is 0 Å². The van der Waals surface area contributed by atoms with Crippen LogP contribution in [0.15, 0.2) is 90.1 Å².